The molecule has 0 unspecified atom stereocenters. The summed E-state index contributed by atoms with van der Waals surface area (Å²) in [7, 11) is 0. The fourth-order valence-corrected chi connectivity index (χ4v) is 2.58. The average molecular weight is 327 g/mol. The number of nitrogens with zero attached hydrogens (tertiary/aromatic N) is 2. The van der Waals surface area contributed by atoms with Gasteiger partial charge in [-0.1, -0.05) is 47.5 Å². The molecule has 116 valence electrons. The molecule has 3 rings (SSSR count). The third-order valence-electron chi connectivity index (χ3n) is 3.67. The molecular formula is C18H15ClN2O2. The van der Waals surface area contributed by atoms with Gasteiger partial charge >= 0.3 is 5.97 Å². The quantitative estimate of drug-likeness (QED) is 0.770. The van der Waals surface area contributed by atoms with Gasteiger partial charge in [0.2, 0.25) is 0 Å². The highest BCUT2D eigenvalue weighted by Crippen LogP contribution is 2.27. The maximum absolute atomic E-state index is 11.3. The lowest BCUT2D eigenvalue weighted by Crippen LogP contribution is -1.99. The van der Waals surface area contributed by atoms with Gasteiger partial charge in [-0.3, -0.25) is 4.57 Å². The zero-order valence-electron chi connectivity index (χ0n) is 12.7. The molecule has 4 nitrogen and oxygen atoms in total. The molecule has 5 heteroatoms. The Morgan fingerprint density at radius 3 is 2.48 bits per heavy atom. The van der Waals surface area contributed by atoms with Crippen molar-refractivity contribution in [2.24, 2.45) is 0 Å². The molecule has 1 heterocycles. The first-order valence-electron chi connectivity index (χ1n) is 7.12. The first kappa shape index (κ1) is 15.3. The molecule has 0 aliphatic carbocycles. The van der Waals surface area contributed by atoms with Crippen LogP contribution in [0.2, 0.25) is 5.02 Å². The fourth-order valence-electron chi connectivity index (χ4n) is 2.42. The molecule has 3 aromatic rings. The Morgan fingerprint density at radius 1 is 1.13 bits per heavy atom. The number of carboxylic acid groups (broad SMARTS) is 1. The molecule has 0 radical (unpaired) electrons. The van der Waals surface area contributed by atoms with Gasteiger partial charge < -0.3 is 5.11 Å². The van der Waals surface area contributed by atoms with Crippen molar-refractivity contribution in [1.82, 2.24) is 9.55 Å². The second-order valence-electron chi connectivity index (χ2n) is 5.42. The number of hydrogen-bond acceptors (Lipinski definition) is 2. The number of carboxylic acids is 1. The van der Waals surface area contributed by atoms with Crippen molar-refractivity contribution in [3.63, 3.8) is 0 Å². The summed E-state index contributed by atoms with van der Waals surface area (Å²) in [4.78, 5) is 15.6. The van der Waals surface area contributed by atoms with Gasteiger partial charge in [0, 0.05) is 16.8 Å². The van der Waals surface area contributed by atoms with Crippen LogP contribution in [0.5, 0.6) is 0 Å². The molecule has 23 heavy (non-hydrogen) atoms. The van der Waals surface area contributed by atoms with Crippen LogP contribution in [0, 0.1) is 13.8 Å². The van der Waals surface area contributed by atoms with Crippen molar-refractivity contribution in [2.45, 2.75) is 13.8 Å². The predicted molar refractivity (Wildman–Crippen MR) is 90.4 cm³/mol. The van der Waals surface area contributed by atoms with Gasteiger partial charge in [-0.15, -0.1) is 0 Å². The van der Waals surface area contributed by atoms with Crippen LogP contribution in [-0.4, -0.2) is 20.6 Å². The van der Waals surface area contributed by atoms with E-state index in [0.29, 0.717) is 10.8 Å². The summed E-state index contributed by atoms with van der Waals surface area (Å²) >= 11 is 6.11. The Balaban J connectivity index is 2.25. The van der Waals surface area contributed by atoms with Crippen LogP contribution >= 0.6 is 11.6 Å². The number of aromatic nitrogens is 2. The molecule has 0 saturated heterocycles. The van der Waals surface area contributed by atoms with E-state index in [2.05, 4.69) is 4.98 Å². The van der Waals surface area contributed by atoms with Gasteiger partial charge in [-0.05, 0) is 31.5 Å². The van der Waals surface area contributed by atoms with Crippen LogP contribution < -0.4 is 0 Å². The van der Waals surface area contributed by atoms with Crippen LogP contribution in [0.3, 0.4) is 0 Å². The lowest BCUT2D eigenvalue weighted by molar-refractivity contribution is 0.0691. The molecule has 1 N–H and O–H groups in total. The van der Waals surface area contributed by atoms with E-state index in [9.17, 15) is 9.90 Å². The van der Waals surface area contributed by atoms with Crippen molar-refractivity contribution in [1.29, 1.82) is 0 Å². The molecule has 0 aliphatic rings. The van der Waals surface area contributed by atoms with E-state index in [0.717, 1.165) is 22.4 Å². The summed E-state index contributed by atoms with van der Waals surface area (Å²) < 4.78 is 1.77. The summed E-state index contributed by atoms with van der Waals surface area (Å²) in [5.74, 6) is -0.482. The Kier molecular flexibility index (Phi) is 3.92. The minimum absolute atomic E-state index is 0.0000458. The number of halogens is 1. The first-order chi connectivity index (χ1) is 11.0. The van der Waals surface area contributed by atoms with E-state index in [4.69, 9.17) is 11.6 Å². The van der Waals surface area contributed by atoms with Crippen molar-refractivity contribution in [2.75, 3.05) is 0 Å². The Morgan fingerprint density at radius 2 is 1.83 bits per heavy atom. The van der Waals surface area contributed by atoms with Crippen LogP contribution in [0.1, 0.15) is 21.6 Å². The number of rotatable bonds is 3. The molecule has 0 atom stereocenters. The molecule has 0 bridgehead atoms. The zero-order chi connectivity index (χ0) is 16.6. The summed E-state index contributed by atoms with van der Waals surface area (Å²) in [5, 5.41) is 9.87. The van der Waals surface area contributed by atoms with Gasteiger partial charge in [0.15, 0.2) is 5.69 Å². The number of hydrogen-bond donors (Lipinski definition) is 1. The molecule has 0 fully saturated rings. The number of benzene rings is 2. The molecule has 1 aromatic heterocycles. The fraction of sp³-hybridized carbons (Fsp3) is 0.111. The van der Waals surface area contributed by atoms with Crippen molar-refractivity contribution in [3.05, 3.63) is 70.5 Å². The van der Waals surface area contributed by atoms with Gasteiger partial charge in [0.25, 0.3) is 0 Å². The largest absolute Gasteiger partial charge is 0.476 e. The normalized spacial score (nSPS) is 10.7. The molecule has 2 aromatic carbocycles. The van der Waals surface area contributed by atoms with Gasteiger partial charge in [-0.25, -0.2) is 9.78 Å². The Hall–Kier alpha value is -2.59. The van der Waals surface area contributed by atoms with Crippen molar-refractivity contribution in [3.8, 4) is 17.1 Å². The Bertz CT molecular complexity index is 883. The summed E-state index contributed by atoms with van der Waals surface area (Å²) in [6.07, 6.45) is 1.52. The Labute approximate surface area is 139 Å². The molecule has 0 amide bonds. The molecule has 0 saturated carbocycles. The van der Waals surface area contributed by atoms with E-state index >= 15 is 0 Å². The number of aromatic carboxylic acids is 1. The number of carbonyl (C=O) groups is 1. The summed E-state index contributed by atoms with van der Waals surface area (Å²) in [5.41, 5.74) is 3.77. The van der Waals surface area contributed by atoms with Crippen LogP contribution in [0.25, 0.3) is 17.1 Å². The van der Waals surface area contributed by atoms with Crippen molar-refractivity contribution < 1.29 is 9.90 Å². The standard InChI is InChI=1S/C18H15ClN2O2/c1-11-3-6-13(7-4-11)17-20-15(18(22)23)10-21(17)16-9-14(19)8-5-12(16)2/h3-10H,1-2H3,(H,22,23). The molecular weight excluding hydrogens is 312 g/mol. The van der Waals surface area contributed by atoms with E-state index < -0.39 is 5.97 Å². The minimum Gasteiger partial charge on any atom is -0.476 e. The second-order valence-corrected chi connectivity index (χ2v) is 5.86. The third-order valence-corrected chi connectivity index (χ3v) is 3.90. The highest BCUT2D eigenvalue weighted by molar-refractivity contribution is 6.30. The van der Waals surface area contributed by atoms with Crippen molar-refractivity contribution >= 4 is 17.6 Å². The van der Waals surface area contributed by atoms with Gasteiger partial charge in [0.05, 0.1) is 5.69 Å². The minimum atomic E-state index is -1.06. The lowest BCUT2D eigenvalue weighted by Gasteiger charge is -2.11. The lowest BCUT2D eigenvalue weighted by atomic mass is 10.1. The highest BCUT2D eigenvalue weighted by atomic mass is 35.5. The predicted octanol–water partition coefficient (Wildman–Crippen LogP) is 4.51. The number of aryl methyl sites for hydroxylation is 2. The van der Waals surface area contributed by atoms with Crippen LogP contribution in [0.4, 0.5) is 0 Å². The molecule has 0 spiro atoms. The maximum Gasteiger partial charge on any atom is 0.356 e. The van der Waals surface area contributed by atoms with E-state index in [1.165, 1.54) is 6.20 Å². The summed E-state index contributed by atoms with van der Waals surface area (Å²) in [6, 6.07) is 13.3. The van der Waals surface area contributed by atoms with E-state index in [1.54, 1.807) is 10.6 Å². The monoisotopic (exact) mass is 326 g/mol. The molecule has 0 aliphatic heterocycles. The smallest absolute Gasteiger partial charge is 0.356 e. The SMILES string of the molecule is Cc1ccc(-c2nc(C(=O)O)cn2-c2cc(Cl)ccc2C)cc1. The highest BCUT2D eigenvalue weighted by Gasteiger charge is 2.17. The van der Waals surface area contributed by atoms with E-state index in [1.807, 2.05) is 50.2 Å². The zero-order valence-corrected chi connectivity index (χ0v) is 13.5. The first-order valence-corrected chi connectivity index (χ1v) is 7.50. The van der Waals surface area contributed by atoms with Gasteiger partial charge in [0.1, 0.15) is 5.82 Å². The van der Waals surface area contributed by atoms with Crippen LogP contribution in [0.15, 0.2) is 48.7 Å². The van der Waals surface area contributed by atoms with Gasteiger partial charge in [-0.2, -0.15) is 0 Å². The van der Waals surface area contributed by atoms with E-state index in [-0.39, 0.29) is 5.69 Å². The second kappa shape index (κ2) is 5.89. The summed E-state index contributed by atoms with van der Waals surface area (Å²) in [6.45, 7) is 3.95. The third kappa shape index (κ3) is 2.98. The van der Waals surface area contributed by atoms with Crippen LogP contribution in [-0.2, 0) is 0 Å². The number of imidazole rings is 1. The maximum atomic E-state index is 11.3. The average Bonchev–Trinajstić information content (AvgIpc) is 2.96. The topological polar surface area (TPSA) is 55.1 Å².